The van der Waals surface area contributed by atoms with Gasteiger partial charge in [0.05, 0.1) is 18.5 Å². The summed E-state index contributed by atoms with van der Waals surface area (Å²) in [5.41, 5.74) is 4.60. The molecule has 0 unspecified atom stereocenters. The Hall–Kier alpha value is -2.68. The van der Waals surface area contributed by atoms with Crippen LogP contribution in [-0.2, 0) is 17.6 Å². The van der Waals surface area contributed by atoms with Crippen molar-refractivity contribution in [3.63, 3.8) is 0 Å². The zero-order valence-electron chi connectivity index (χ0n) is 17.2. The molecule has 0 atom stereocenters. The largest absolute Gasteiger partial charge is 0.383 e. The number of hydrogen-bond acceptors (Lipinski definition) is 7. The smallest absolute Gasteiger partial charge is 0.229 e. The van der Waals surface area contributed by atoms with E-state index in [1.54, 1.807) is 13.3 Å². The van der Waals surface area contributed by atoms with Gasteiger partial charge in [0.2, 0.25) is 5.95 Å². The molecule has 0 amide bonds. The van der Waals surface area contributed by atoms with Crippen molar-refractivity contribution in [3.05, 3.63) is 52.3 Å². The van der Waals surface area contributed by atoms with E-state index in [1.165, 1.54) is 11.1 Å². The average Bonchev–Trinajstić information content (AvgIpc) is 3.04. The first-order valence-corrected chi connectivity index (χ1v) is 10.4. The number of H-pyrrole nitrogens is 1. The fourth-order valence-electron chi connectivity index (χ4n) is 3.55. The topological polar surface area (TPSA) is 91.0 Å². The van der Waals surface area contributed by atoms with Gasteiger partial charge in [-0.05, 0) is 43.0 Å². The molecular weight excluding hydrogens is 402 g/mol. The molecule has 0 saturated carbocycles. The van der Waals surface area contributed by atoms with Crippen molar-refractivity contribution in [1.29, 1.82) is 0 Å². The van der Waals surface area contributed by atoms with E-state index in [9.17, 15) is 0 Å². The number of ether oxygens (including phenoxy) is 1. The Balaban J connectivity index is 1.46. The lowest BCUT2D eigenvalue weighted by Gasteiger charge is -2.18. The van der Waals surface area contributed by atoms with Crippen molar-refractivity contribution in [2.45, 2.75) is 19.8 Å². The zero-order chi connectivity index (χ0) is 20.9. The number of halogens is 1. The Kier molecular flexibility index (Phi) is 6.47. The fraction of sp³-hybridized carbons (Fsp3) is 0.381. The molecule has 1 aliphatic heterocycles. The van der Waals surface area contributed by atoms with E-state index < -0.39 is 0 Å². The molecule has 30 heavy (non-hydrogen) atoms. The molecule has 0 fully saturated rings. The van der Waals surface area contributed by atoms with E-state index in [2.05, 4.69) is 53.9 Å². The molecule has 1 aromatic carbocycles. The third-order valence-corrected chi connectivity index (χ3v) is 5.45. The Bertz CT molecular complexity index is 1010. The summed E-state index contributed by atoms with van der Waals surface area (Å²) in [6, 6.07) is 8.35. The minimum absolute atomic E-state index is 0.436. The molecule has 0 bridgehead atoms. The van der Waals surface area contributed by atoms with Crippen LogP contribution in [0.3, 0.4) is 0 Å². The maximum Gasteiger partial charge on any atom is 0.229 e. The summed E-state index contributed by atoms with van der Waals surface area (Å²) in [6.07, 6.45) is 3.65. The molecule has 9 heteroatoms. The lowest BCUT2D eigenvalue weighted by atomic mass is 10.0. The minimum atomic E-state index is 0.436. The third-order valence-electron chi connectivity index (χ3n) is 5.17. The molecule has 3 heterocycles. The van der Waals surface area contributed by atoms with E-state index in [4.69, 9.17) is 16.3 Å². The first-order valence-electron chi connectivity index (χ1n) is 10.0. The highest BCUT2D eigenvalue weighted by Crippen LogP contribution is 2.26. The molecular formula is C21H26ClN7O. The lowest BCUT2D eigenvalue weighted by Crippen LogP contribution is -2.29. The van der Waals surface area contributed by atoms with E-state index in [0.29, 0.717) is 16.8 Å². The molecule has 0 saturated heterocycles. The highest BCUT2D eigenvalue weighted by molar-refractivity contribution is 6.32. The lowest BCUT2D eigenvalue weighted by molar-refractivity contribution is 0.150. The molecule has 158 valence electrons. The number of anilines is 4. The second-order valence-corrected chi connectivity index (χ2v) is 7.79. The summed E-state index contributed by atoms with van der Waals surface area (Å²) in [6.45, 7) is 5.75. The van der Waals surface area contributed by atoms with Gasteiger partial charge < -0.3 is 20.3 Å². The number of aromatic nitrogens is 4. The minimum Gasteiger partial charge on any atom is -0.383 e. The zero-order valence-corrected chi connectivity index (χ0v) is 18.0. The van der Waals surface area contributed by atoms with E-state index in [-0.39, 0.29) is 0 Å². The Morgan fingerprint density at radius 1 is 1.17 bits per heavy atom. The SMILES string of the molecule is COCCN1CCc2ccc(Nc3ncc(Cl)c(Nc4cc(C)n[nH]4)n3)cc2CC1. The van der Waals surface area contributed by atoms with Gasteiger partial charge in [-0.2, -0.15) is 10.1 Å². The molecule has 0 radical (unpaired) electrons. The molecule has 2 aromatic heterocycles. The van der Waals surface area contributed by atoms with Crippen molar-refractivity contribution in [3.8, 4) is 0 Å². The monoisotopic (exact) mass is 427 g/mol. The normalized spacial score (nSPS) is 14.2. The predicted octanol–water partition coefficient (Wildman–Crippen LogP) is 3.70. The average molecular weight is 428 g/mol. The quantitative estimate of drug-likeness (QED) is 0.529. The Morgan fingerprint density at radius 3 is 2.77 bits per heavy atom. The summed E-state index contributed by atoms with van der Waals surface area (Å²) in [5.74, 6) is 1.72. The van der Waals surface area contributed by atoms with Crippen molar-refractivity contribution < 1.29 is 4.74 Å². The Morgan fingerprint density at radius 2 is 2.00 bits per heavy atom. The van der Waals surface area contributed by atoms with Crippen LogP contribution >= 0.6 is 11.6 Å². The molecule has 0 spiro atoms. The van der Waals surface area contributed by atoms with E-state index in [0.717, 1.165) is 56.3 Å². The second-order valence-electron chi connectivity index (χ2n) is 7.38. The van der Waals surface area contributed by atoms with Crippen LogP contribution in [0.4, 0.5) is 23.3 Å². The number of nitrogens with one attached hydrogen (secondary N) is 3. The summed E-state index contributed by atoms with van der Waals surface area (Å²) >= 11 is 6.26. The van der Waals surface area contributed by atoms with E-state index in [1.807, 2.05) is 13.0 Å². The van der Waals surface area contributed by atoms with Gasteiger partial charge in [0.1, 0.15) is 10.8 Å². The van der Waals surface area contributed by atoms with Crippen LogP contribution in [0.5, 0.6) is 0 Å². The van der Waals surface area contributed by atoms with Crippen LogP contribution in [0.25, 0.3) is 0 Å². The van der Waals surface area contributed by atoms with Gasteiger partial charge in [-0.3, -0.25) is 5.10 Å². The van der Waals surface area contributed by atoms with Gasteiger partial charge in [-0.1, -0.05) is 17.7 Å². The molecule has 4 rings (SSSR count). The number of hydrogen-bond donors (Lipinski definition) is 3. The number of rotatable bonds is 7. The molecule has 0 aliphatic carbocycles. The van der Waals surface area contributed by atoms with Crippen LogP contribution in [0.1, 0.15) is 16.8 Å². The first-order chi connectivity index (χ1) is 14.6. The van der Waals surface area contributed by atoms with Gasteiger partial charge in [0.25, 0.3) is 0 Å². The summed E-state index contributed by atoms with van der Waals surface area (Å²) in [7, 11) is 1.75. The predicted molar refractivity (Wildman–Crippen MR) is 119 cm³/mol. The third kappa shape index (κ3) is 5.08. The molecule has 1 aliphatic rings. The Labute approximate surface area is 181 Å². The van der Waals surface area contributed by atoms with Crippen LogP contribution in [0.2, 0.25) is 5.02 Å². The molecule has 3 N–H and O–H groups in total. The maximum absolute atomic E-state index is 6.26. The summed E-state index contributed by atoms with van der Waals surface area (Å²) in [4.78, 5) is 11.3. The molecule has 8 nitrogen and oxygen atoms in total. The fourth-order valence-corrected chi connectivity index (χ4v) is 3.69. The highest BCUT2D eigenvalue weighted by Gasteiger charge is 2.15. The van der Waals surface area contributed by atoms with Crippen LogP contribution in [0.15, 0.2) is 30.5 Å². The highest BCUT2D eigenvalue weighted by atomic mass is 35.5. The van der Waals surface area contributed by atoms with Crippen molar-refractivity contribution in [2.24, 2.45) is 0 Å². The molecule has 3 aromatic rings. The first kappa shape index (κ1) is 20.6. The maximum atomic E-state index is 6.26. The second kappa shape index (κ2) is 9.42. The summed E-state index contributed by atoms with van der Waals surface area (Å²) < 4.78 is 5.22. The van der Waals surface area contributed by atoms with E-state index >= 15 is 0 Å². The van der Waals surface area contributed by atoms with Crippen molar-refractivity contribution in [1.82, 2.24) is 25.1 Å². The van der Waals surface area contributed by atoms with Gasteiger partial charge >= 0.3 is 0 Å². The van der Waals surface area contributed by atoms with Gasteiger partial charge in [0, 0.05) is 38.5 Å². The van der Waals surface area contributed by atoms with Gasteiger partial charge in [0.15, 0.2) is 5.82 Å². The van der Waals surface area contributed by atoms with Crippen LogP contribution in [-0.4, -0.2) is 58.4 Å². The number of benzene rings is 1. The van der Waals surface area contributed by atoms with Crippen molar-refractivity contribution in [2.75, 3.05) is 44.0 Å². The number of nitrogens with zero attached hydrogens (tertiary/aromatic N) is 4. The van der Waals surface area contributed by atoms with Crippen LogP contribution < -0.4 is 10.6 Å². The van der Waals surface area contributed by atoms with Crippen molar-refractivity contribution >= 4 is 34.9 Å². The number of methoxy groups -OCH3 is 1. The van der Waals surface area contributed by atoms with Gasteiger partial charge in [-0.25, -0.2) is 4.98 Å². The van der Waals surface area contributed by atoms with Gasteiger partial charge in [-0.15, -0.1) is 0 Å². The number of aromatic amines is 1. The summed E-state index contributed by atoms with van der Waals surface area (Å²) in [5, 5.41) is 13.9. The van der Waals surface area contributed by atoms with Crippen LogP contribution in [0, 0.1) is 6.92 Å². The number of aryl methyl sites for hydroxylation is 1. The number of fused-ring (bicyclic) bond motifs is 1. The standard InChI is InChI=1S/C21H26ClN7O/c1-14-11-19(28-27-14)25-20-18(22)13-23-21(26-20)24-17-4-3-15-5-7-29(9-10-30-2)8-6-16(15)12-17/h3-4,11-13H,5-10H2,1-2H3,(H3,23,24,25,26,27,28).